The van der Waals surface area contributed by atoms with Gasteiger partial charge in [-0.3, -0.25) is 0 Å². The van der Waals surface area contributed by atoms with Crippen LogP contribution in [0, 0.1) is 23.0 Å². The predicted molar refractivity (Wildman–Crippen MR) is 141 cm³/mol. The maximum Gasteiger partial charge on any atom is 0.420 e. The van der Waals surface area contributed by atoms with Crippen LogP contribution in [-0.4, -0.2) is 12.4 Å². The van der Waals surface area contributed by atoms with Crippen molar-refractivity contribution in [2.45, 2.75) is 30.1 Å². The van der Waals surface area contributed by atoms with Gasteiger partial charge in [0.2, 0.25) is 5.41 Å². The van der Waals surface area contributed by atoms with Crippen LogP contribution in [0.1, 0.15) is 22.3 Å². The summed E-state index contributed by atoms with van der Waals surface area (Å²) in [7, 11) is 0. The largest absolute Gasteiger partial charge is 0.457 e. The molecule has 0 saturated carbocycles. The minimum atomic E-state index is -6.10. The third kappa shape index (κ3) is 7.38. The van der Waals surface area contributed by atoms with Gasteiger partial charge in [0, 0.05) is 0 Å². The molecule has 0 heterocycles. The fourth-order valence-corrected chi connectivity index (χ4v) is 4.65. The fourth-order valence-electron chi connectivity index (χ4n) is 4.65. The van der Waals surface area contributed by atoms with Crippen molar-refractivity contribution in [3.63, 3.8) is 0 Å². The van der Waals surface area contributed by atoms with Crippen LogP contribution < -0.4 is 18.9 Å². The lowest BCUT2D eigenvalue weighted by Gasteiger charge is -2.38. The molecule has 4 aromatic rings. The van der Waals surface area contributed by atoms with E-state index in [1.165, 1.54) is 0 Å². The second-order valence-corrected chi connectivity index (χ2v) is 9.70. The topological polar surface area (TPSA) is 84.5 Å². The van der Waals surface area contributed by atoms with Crippen molar-refractivity contribution in [2.24, 2.45) is 0 Å². The van der Waals surface area contributed by atoms with Gasteiger partial charge in [-0.25, -0.2) is 0 Å². The minimum Gasteiger partial charge on any atom is -0.457 e. The number of rotatable bonds is 8. The van der Waals surface area contributed by atoms with Crippen LogP contribution >= 0.6 is 0 Å². The van der Waals surface area contributed by atoms with E-state index in [-0.39, 0.29) is 0 Å². The zero-order chi connectivity index (χ0) is 36.4. The first kappa shape index (κ1) is 36.1. The second kappa shape index (κ2) is 13.0. The first-order valence-electron chi connectivity index (χ1n) is 13.0. The second-order valence-electron chi connectivity index (χ2n) is 9.70. The highest BCUT2D eigenvalue weighted by molar-refractivity contribution is 5.50. The molecule has 0 aliphatic heterocycles. The molecule has 0 bridgehead atoms. The van der Waals surface area contributed by atoms with Gasteiger partial charge in [0.15, 0.2) is 0 Å². The summed E-state index contributed by atoms with van der Waals surface area (Å²) in [6.07, 6.45) is -20.0. The Bertz CT molecular complexity index is 1750. The van der Waals surface area contributed by atoms with E-state index in [0.717, 1.165) is 36.8 Å². The molecule has 0 fully saturated rings. The molecule has 4 rings (SSSR count). The predicted octanol–water partition coefficient (Wildman–Crippen LogP) is 10.4. The van der Waals surface area contributed by atoms with Crippen molar-refractivity contribution in [3.8, 4) is 47.0 Å². The van der Waals surface area contributed by atoms with E-state index in [0.29, 0.717) is 60.7 Å². The molecule has 0 amide bonds. The molecule has 0 aromatic heterocycles. The number of alkyl halides is 12. The Kier molecular flexibility index (Phi) is 9.58. The smallest absolute Gasteiger partial charge is 0.420 e. The maximum atomic E-state index is 14.6. The molecule has 4 aromatic carbocycles. The van der Waals surface area contributed by atoms with E-state index < -0.39 is 86.9 Å². The van der Waals surface area contributed by atoms with Crippen molar-refractivity contribution in [1.82, 2.24) is 0 Å². The Labute approximate surface area is 266 Å². The van der Waals surface area contributed by atoms with E-state index >= 15 is 0 Å². The third-order valence-electron chi connectivity index (χ3n) is 6.72. The maximum absolute atomic E-state index is 14.6. The number of halogens is 12. The first-order chi connectivity index (χ1) is 22.7. The zero-order valence-corrected chi connectivity index (χ0v) is 23.6. The van der Waals surface area contributed by atoms with E-state index in [4.69, 9.17) is 20.0 Å². The van der Waals surface area contributed by atoms with Crippen molar-refractivity contribution in [1.29, 1.82) is 10.5 Å². The van der Waals surface area contributed by atoms with Crippen LogP contribution in [0.4, 0.5) is 52.7 Å². The summed E-state index contributed by atoms with van der Waals surface area (Å²) in [5.74, 6) is -4.09. The Hall–Kier alpha value is -5.78. The van der Waals surface area contributed by atoms with Crippen molar-refractivity contribution in [3.05, 3.63) is 107 Å². The Morgan fingerprint density at radius 2 is 0.735 bits per heavy atom. The highest BCUT2D eigenvalue weighted by atomic mass is 19.4. The molecular weight excluding hydrogens is 692 g/mol. The Morgan fingerprint density at radius 1 is 0.429 bits per heavy atom. The molecule has 49 heavy (non-hydrogen) atoms. The Balaban J connectivity index is 1.74. The van der Waals surface area contributed by atoms with E-state index in [2.05, 4.69) is 9.47 Å². The van der Waals surface area contributed by atoms with Gasteiger partial charge in [-0.1, -0.05) is 24.3 Å². The van der Waals surface area contributed by atoms with Crippen LogP contribution in [0.2, 0.25) is 0 Å². The fraction of sp³-hybridized carbons (Fsp3) is 0.161. The molecule has 0 spiro atoms. The van der Waals surface area contributed by atoms with E-state index in [1.807, 2.05) is 0 Å². The molecule has 0 atom stereocenters. The molecule has 0 aliphatic rings. The molecule has 0 N–H and O–H groups in total. The molecule has 6 nitrogen and oxygen atoms in total. The summed E-state index contributed by atoms with van der Waals surface area (Å²) in [5, 5.41) is 17.1. The summed E-state index contributed by atoms with van der Waals surface area (Å²) in [6.45, 7) is 0. The summed E-state index contributed by atoms with van der Waals surface area (Å²) >= 11 is 0. The molecule has 0 saturated heterocycles. The van der Waals surface area contributed by atoms with Crippen molar-refractivity contribution in [2.75, 3.05) is 0 Å². The van der Waals surface area contributed by atoms with Gasteiger partial charge in [0.1, 0.15) is 45.6 Å². The monoisotopic (exact) mass is 706 g/mol. The van der Waals surface area contributed by atoms with Gasteiger partial charge in [-0.2, -0.15) is 52.7 Å². The van der Waals surface area contributed by atoms with Gasteiger partial charge in [-0.15, -0.1) is 10.5 Å². The summed E-state index contributed by atoms with van der Waals surface area (Å²) < 4.78 is 188. The van der Waals surface area contributed by atoms with Crippen molar-refractivity contribution >= 4 is 0 Å². The average Bonchev–Trinajstić information content (AvgIpc) is 2.98. The van der Waals surface area contributed by atoms with Gasteiger partial charge in [-0.05, 0) is 71.8 Å². The van der Waals surface area contributed by atoms with Gasteiger partial charge in [0.25, 0.3) is 12.5 Å². The van der Waals surface area contributed by atoms with Gasteiger partial charge < -0.3 is 18.9 Å². The number of nitrogens with zero attached hydrogens (tertiary/aromatic N) is 2. The van der Waals surface area contributed by atoms with Crippen LogP contribution in [0.15, 0.2) is 84.9 Å². The lowest BCUT2D eigenvalue weighted by molar-refractivity contribution is -0.288. The lowest BCUT2D eigenvalue weighted by Crippen LogP contribution is -2.54. The molecule has 0 aliphatic carbocycles. The average molecular weight is 706 g/mol. The molecule has 18 heteroatoms. The number of hydrogen-bond donors (Lipinski definition) is 0. The summed E-state index contributed by atoms with van der Waals surface area (Å²) in [6, 6.07) is 7.62. The van der Waals surface area contributed by atoms with Crippen molar-refractivity contribution < 1.29 is 71.6 Å². The normalized spacial score (nSPS) is 12.4. The highest BCUT2D eigenvalue weighted by Gasteiger charge is 2.72. The highest BCUT2D eigenvalue weighted by Crippen LogP contribution is 2.56. The van der Waals surface area contributed by atoms with Crippen LogP contribution in [0.25, 0.3) is 0 Å². The third-order valence-corrected chi connectivity index (χ3v) is 6.72. The molecular formula is C31H14F12N2O4. The summed E-state index contributed by atoms with van der Waals surface area (Å²) in [5.41, 5.74) is -10.6. The van der Waals surface area contributed by atoms with Crippen LogP contribution in [0.5, 0.6) is 34.5 Å². The molecule has 256 valence electrons. The number of nitriles is 2. The SMILES string of the molecule is N#COc1ccc(Oc2ccc(C(c3ccc(Oc4ccc(OC#N)cc4C(F)(F)F)cc3)(C(F)(F)F)C(F)(F)F)cc2)c(C(F)(F)F)c1. The lowest BCUT2D eigenvalue weighted by atomic mass is 9.73. The van der Waals surface area contributed by atoms with Gasteiger partial charge in [0.05, 0.1) is 0 Å². The Morgan fingerprint density at radius 3 is 1.00 bits per heavy atom. The first-order valence-corrected chi connectivity index (χ1v) is 13.0. The van der Waals surface area contributed by atoms with Crippen LogP contribution in [-0.2, 0) is 17.8 Å². The number of hydrogen-bond acceptors (Lipinski definition) is 6. The number of benzene rings is 4. The zero-order valence-electron chi connectivity index (χ0n) is 23.6. The quantitative estimate of drug-likeness (QED) is 0.134. The van der Waals surface area contributed by atoms with Gasteiger partial charge >= 0.3 is 24.7 Å². The summed E-state index contributed by atoms with van der Waals surface area (Å²) in [4.78, 5) is 0. The molecule has 0 radical (unpaired) electrons. The van der Waals surface area contributed by atoms with E-state index in [9.17, 15) is 52.7 Å². The molecule has 0 unspecified atom stereocenters. The minimum absolute atomic E-state index is 0.335. The van der Waals surface area contributed by atoms with Crippen LogP contribution in [0.3, 0.4) is 0 Å². The standard InChI is InChI=1S/C31H14F12N2O4/c32-28(33,34)23-13-21(46-15-44)9-11-25(23)48-19-5-1-17(2-6-19)27(30(38,39)40,31(41,42)43)18-3-7-20(8-4-18)49-26-12-10-22(47-16-45)14-24(26)29(35,36)37/h1-14H. The number of ether oxygens (including phenoxy) is 4. The van der Waals surface area contributed by atoms with E-state index in [1.54, 1.807) is 0 Å².